The van der Waals surface area contributed by atoms with Gasteiger partial charge in [0.2, 0.25) is 0 Å². The first-order chi connectivity index (χ1) is 27.1. The Morgan fingerprint density at radius 3 is 1.05 bits per heavy atom. The third kappa shape index (κ3) is 5.65. The maximum Gasteiger partial charge on any atom is 0.136 e. The summed E-state index contributed by atoms with van der Waals surface area (Å²) in [4.78, 5) is 2.27. The lowest BCUT2D eigenvalue weighted by atomic mass is 10.0. The Balaban J connectivity index is 1.00. The fourth-order valence-corrected chi connectivity index (χ4v) is 7.54. The summed E-state index contributed by atoms with van der Waals surface area (Å²) in [5.74, 6) is 0. The Labute approximate surface area is 316 Å². The molecule has 0 aliphatic rings. The van der Waals surface area contributed by atoms with Crippen LogP contribution in [0.15, 0.2) is 185 Å². The Morgan fingerprint density at radius 1 is 0.327 bits per heavy atom. The topological polar surface area (TPSA) is 77.1 Å². The number of hydrogen-bond donors (Lipinski definition) is 0. The molecule has 0 aliphatic heterocycles. The van der Waals surface area contributed by atoms with Crippen LogP contribution in [0.2, 0.25) is 0 Å². The Kier molecular flexibility index (Phi) is 7.51. The number of nitrogens with zero attached hydrogens (tertiary/aromatic N) is 3. The minimum Gasteiger partial charge on any atom is -0.456 e. The fourth-order valence-electron chi connectivity index (χ4n) is 7.54. The van der Waals surface area contributed by atoms with Crippen molar-refractivity contribution in [2.45, 2.75) is 0 Å². The van der Waals surface area contributed by atoms with Crippen LogP contribution in [0.1, 0.15) is 11.1 Å². The Bertz CT molecular complexity index is 2970. The molecule has 5 nitrogen and oxygen atoms in total. The number of nitriles is 2. The van der Waals surface area contributed by atoms with Crippen LogP contribution in [0.5, 0.6) is 0 Å². The molecule has 10 rings (SSSR count). The zero-order valence-corrected chi connectivity index (χ0v) is 29.4. The van der Waals surface area contributed by atoms with Gasteiger partial charge in [-0.2, -0.15) is 10.5 Å². The molecule has 0 bridgehead atoms. The molecule has 5 heteroatoms. The van der Waals surface area contributed by atoms with E-state index in [1.807, 2.05) is 30.3 Å². The number of fused-ring (bicyclic) bond motifs is 6. The standard InChI is InChI=1S/C50H29N3O2/c51-30-32-6-22-43-45-24-14-38(28-49(45)54-47(43)26-32)36-10-18-41(19-11-36)53(40-16-8-35(9-17-40)34-4-2-1-3-5-34)42-20-12-37(13-21-42)39-15-25-46-44-23-7-33(31-52)27-48(44)55-50(46)29-39/h1-29H. The first-order valence-corrected chi connectivity index (χ1v) is 18.0. The van der Waals surface area contributed by atoms with Crippen LogP contribution < -0.4 is 4.90 Å². The minimum absolute atomic E-state index is 0.581. The molecule has 2 aromatic heterocycles. The SMILES string of the molecule is N#Cc1ccc2c(c1)oc1cc(-c3ccc(N(c4ccc(-c5ccccc5)cc4)c4ccc(-c5ccc6c(c5)oc5cc(C#N)ccc56)cc4)cc3)ccc12. The summed E-state index contributed by atoms with van der Waals surface area (Å²) in [5.41, 5.74) is 13.8. The summed E-state index contributed by atoms with van der Waals surface area (Å²) >= 11 is 0. The maximum atomic E-state index is 9.35. The van der Waals surface area contributed by atoms with Gasteiger partial charge in [-0.1, -0.05) is 78.9 Å². The number of anilines is 3. The quantitative estimate of drug-likeness (QED) is 0.172. The molecule has 0 saturated carbocycles. The molecule has 0 N–H and O–H groups in total. The number of rotatable bonds is 6. The molecule has 0 fully saturated rings. The number of furan rings is 2. The van der Waals surface area contributed by atoms with Gasteiger partial charge in [-0.05, 0) is 130 Å². The van der Waals surface area contributed by atoms with Gasteiger partial charge in [-0.3, -0.25) is 0 Å². The summed E-state index contributed by atoms with van der Waals surface area (Å²) < 4.78 is 12.4. The van der Waals surface area contributed by atoms with Gasteiger partial charge in [0.15, 0.2) is 0 Å². The predicted molar refractivity (Wildman–Crippen MR) is 221 cm³/mol. The van der Waals surface area contributed by atoms with Crippen molar-refractivity contribution in [3.8, 4) is 45.5 Å². The van der Waals surface area contributed by atoms with Crippen LogP contribution in [0.4, 0.5) is 17.1 Å². The van der Waals surface area contributed by atoms with Crippen LogP contribution in [-0.4, -0.2) is 0 Å². The van der Waals surface area contributed by atoms with E-state index >= 15 is 0 Å². The van der Waals surface area contributed by atoms with E-state index in [0.717, 1.165) is 77.6 Å². The van der Waals surface area contributed by atoms with Gasteiger partial charge >= 0.3 is 0 Å². The van der Waals surface area contributed by atoms with Gasteiger partial charge < -0.3 is 13.7 Å². The highest BCUT2D eigenvalue weighted by atomic mass is 16.3. The second-order valence-corrected chi connectivity index (χ2v) is 13.6. The summed E-state index contributed by atoms with van der Waals surface area (Å²) in [7, 11) is 0. The first-order valence-electron chi connectivity index (χ1n) is 18.0. The number of benzene rings is 8. The summed E-state index contributed by atoms with van der Waals surface area (Å²) in [6.45, 7) is 0. The van der Waals surface area contributed by atoms with E-state index in [0.29, 0.717) is 22.3 Å². The van der Waals surface area contributed by atoms with Gasteiger partial charge in [-0.25, -0.2) is 0 Å². The second-order valence-electron chi connectivity index (χ2n) is 13.6. The monoisotopic (exact) mass is 703 g/mol. The Morgan fingerprint density at radius 2 is 0.655 bits per heavy atom. The maximum absolute atomic E-state index is 9.35. The molecule has 0 amide bonds. The third-order valence-corrected chi connectivity index (χ3v) is 10.4. The molecule has 0 saturated heterocycles. The average Bonchev–Trinajstić information content (AvgIpc) is 3.81. The Hall–Kier alpha value is -7.86. The van der Waals surface area contributed by atoms with Crippen LogP contribution >= 0.6 is 0 Å². The summed E-state index contributed by atoms with van der Waals surface area (Å²) in [6, 6.07) is 64.4. The van der Waals surface area contributed by atoms with Gasteiger partial charge in [0.25, 0.3) is 0 Å². The summed E-state index contributed by atoms with van der Waals surface area (Å²) in [5, 5.41) is 22.8. The fraction of sp³-hybridized carbons (Fsp3) is 0. The molecule has 2 heterocycles. The molecule has 0 unspecified atom stereocenters. The molecule has 256 valence electrons. The zero-order chi connectivity index (χ0) is 36.9. The van der Waals surface area contributed by atoms with Crippen molar-refractivity contribution in [3.63, 3.8) is 0 Å². The highest BCUT2D eigenvalue weighted by molar-refractivity contribution is 6.07. The van der Waals surface area contributed by atoms with Crippen LogP contribution in [0, 0.1) is 22.7 Å². The van der Waals surface area contributed by atoms with Gasteiger partial charge in [0.05, 0.1) is 23.3 Å². The molecular weight excluding hydrogens is 675 g/mol. The van der Waals surface area contributed by atoms with Crippen LogP contribution in [0.3, 0.4) is 0 Å². The van der Waals surface area contributed by atoms with Crippen molar-refractivity contribution in [3.05, 3.63) is 187 Å². The van der Waals surface area contributed by atoms with Crippen molar-refractivity contribution in [1.82, 2.24) is 0 Å². The third-order valence-electron chi connectivity index (χ3n) is 10.4. The van der Waals surface area contributed by atoms with Crippen molar-refractivity contribution in [2.75, 3.05) is 4.90 Å². The lowest BCUT2D eigenvalue weighted by Gasteiger charge is -2.26. The number of hydrogen-bond acceptors (Lipinski definition) is 5. The molecule has 55 heavy (non-hydrogen) atoms. The van der Waals surface area contributed by atoms with Crippen molar-refractivity contribution in [2.24, 2.45) is 0 Å². The van der Waals surface area contributed by atoms with Crippen molar-refractivity contribution in [1.29, 1.82) is 10.5 Å². The highest BCUT2D eigenvalue weighted by Gasteiger charge is 2.16. The van der Waals surface area contributed by atoms with E-state index in [1.165, 1.54) is 5.56 Å². The largest absolute Gasteiger partial charge is 0.456 e. The molecule has 0 radical (unpaired) electrons. The molecule has 10 aromatic rings. The van der Waals surface area contributed by atoms with Gasteiger partial charge in [-0.15, -0.1) is 0 Å². The normalized spacial score (nSPS) is 11.2. The van der Waals surface area contributed by atoms with E-state index in [1.54, 1.807) is 12.1 Å². The predicted octanol–water partition coefficient (Wildman–Crippen LogP) is 13.7. The second kappa shape index (κ2) is 13.0. The lowest BCUT2D eigenvalue weighted by Crippen LogP contribution is -2.09. The molecule has 0 aliphatic carbocycles. The first kappa shape index (κ1) is 31.8. The highest BCUT2D eigenvalue weighted by Crippen LogP contribution is 2.39. The molecule has 0 spiro atoms. The average molecular weight is 704 g/mol. The van der Waals surface area contributed by atoms with Crippen LogP contribution in [0.25, 0.3) is 77.3 Å². The van der Waals surface area contributed by atoms with E-state index < -0.39 is 0 Å². The minimum atomic E-state index is 0.581. The molecule has 0 atom stereocenters. The van der Waals surface area contributed by atoms with E-state index in [9.17, 15) is 10.5 Å². The van der Waals surface area contributed by atoms with Gasteiger partial charge in [0, 0.05) is 38.6 Å². The van der Waals surface area contributed by atoms with Crippen molar-refractivity contribution >= 4 is 60.9 Å². The summed E-state index contributed by atoms with van der Waals surface area (Å²) in [6.07, 6.45) is 0. The lowest BCUT2D eigenvalue weighted by molar-refractivity contribution is 0.668. The van der Waals surface area contributed by atoms with Crippen LogP contribution in [-0.2, 0) is 0 Å². The van der Waals surface area contributed by atoms with Gasteiger partial charge in [0.1, 0.15) is 22.3 Å². The van der Waals surface area contributed by atoms with E-state index in [2.05, 4.69) is 150 Å². The van der Waals surface area contributed by atoms with Crippen molar-refractivity contribution < 1.29 is 8.83 Å². The smallest absolute Gasteiger partial charge is 0.136 e. The zero-order valence-electron chi connectivity index (χ0n) is 29.4. The van der Waals surface area contributed by atoms with E-state index in [-0.39, 0.29) is 0 Å². The van der Waals surface area contributed by atoms with E-state index in [4.69, 9.17) is 8.83 Å². The molecular formula is C50H29N3O2. The molecule has 8 aromatic carbocycles.